The Morgan fingerprint density at radius 1 is 1.44 bits per heavy atom. The number of nitrogens with one attached hydrogen (secondary N) is 1. The van der Waals surface area contributed by atoms with Gasteiger partial charge in [0.1, 0.15) is 0 Å². The second-order valence-corrected chi connectivity index (χ2v) is 7.27. The van der Waals surface area contributed by atoms with Crippen molar-refractivity contribution in [1.29, 1.82) is 0 Å². The third-order valence-electron chi connectivity index (χ3n) is 4.23. The summed E-state index contributed by atoms with van der Waals surface area (Å²) in [5, 5.41) is 4.16. The molecule has 1 saturated heterocycles. The molecule has 0 spiro atoms. The van der Waals surface area contributed by atoms with E-state index < -0.39 is 0 Å². The Hall–Kier alpha value is 0.270. The molecule has 0 aromatic carbocycles. The summed E-state index contributed by atoms with van der Waals surface area (Å²) in [4.78, 5) is 2.66. The van der Waals surface area contributed by atoms with Gasteiger partial charge in [-0.05, 0) is 26.3 Å². The van der Waals surface area contributed by atoms with E-state index in [1.54, 1.807) is 0 Å². The van der Waals surface area contributed by atoms with Crippen LogP contribution in [0.1, 0.15) is 34.6 Å². The van der Waals surface area contributed by atoms with Crippen molar-refractivity contribution in [3.8, 4) is 0 Å². The van der Waals surface area contributed by atoms with Crippen molar-refractivity contribution in [3.05, 3.63) is 0 Å². The topological polar surface area (TPSA) is 15.3 Å². The molecular weight excluding hydrogens is 216 g/mol. The lowest BCUT2D eigenvalue weighted by molar-refractivity contribution is 0.116. The van der Waals surface area contributed by atoms with Crippen molar-refractivity contribution in [3.63, 3.8) is 0 Å². The Morgan fingerprint density at radius 3 is 2.62 bits per heavy atom. The summed E-state index contributed by atoms with van der Waals surface area (Å²) in [6, 6.07) is 1.27. The first kappa shape index (κ1) is 14.3. The first-order valence-corrected chi connectivity index (χ1v) is 7.46. The monoisotopic (exact) mass is 244 g/mol. The van der Waals surface area contributed by atoms with Gasteiger partial charge < -0.3 is 5.32 Å². The minimum Gasteiger partial charge on any atom is -0.317 e. The summed E-state index contributed by atoms with van der Waals surface area (Å²) < 4.78 is 0. The van der Waals surface area contributed by atoms with E-state index in [4.69, 9.17) is 0 Å². The predicted molar refractivity (Wildman–Crippen MR) is 75.3 cm³/mol. The van der Waals surface area contributed by atoms with Crippen LogP contribution in [0.3, 0.4) is 0 Å². The minimum absolute atomic E-state index is 0.338. The number of hydrogen-bond donors (Lipinski definition) is 1. The molecule has 1 aliphatic rings. The molecule has 0 aliphatic carbocycles. The zero-order chi connectivity index (χ0) is 12.3. The van der Waals surface area contributed by atoms with Gasteiger partial charge in [0, 0.05) is 36.2 Å². The second-order valence-electron chi connectivity index (χ2n) is 5.79. The molecule has 0 bridgehead atoms. The Kier molecular flexibility index (Phi) is 5.14. The molecule has 3 atom stereocenters. The van der Waals surface area contributed by atoms with Crippen molar-refractivity contribution >= 4 is 11.8 Å². The van der Waals surface area contributed by atoms with Crippen LogP contribution in [0.15, 0.2) is 0 Å². The molecule has 0 aromatic heterocycles. The first-order valence-electron chi connectivity index (χ1n) is 6.41. The first-order chi connectivity index (χ1) is 7.38. The highest BCUT2D eigenvalue weighted by atomic mass is 32.2. The molecule has 0 radical (unpaired) electrons. The Bertz CT molecular complexity index is 218. The maximum atomic E-state index is 3.39. The van der Waals surface area contributed by atoms with Crippen LogP contribution in [0.4, 0.5) is 0 Å². The van der Waals surface area contributed by atoms with Gasteiger partial charge in [0.05, 0.1) is 0 Å². The van der Waals surface area contributed by atoms with Crippen molar-refractivity contribution in [1.82, 2.24) is 10.2 Å². The molecule has 1 rings (SSSR count). The van der Waals surface area contributed by atoms with Gasteiger partial charge >= 0.3 is 0 Å². The van der Waals surface area contributed by atoms with Crippen LogP contribution in [0, 0.1) is 5.41 Å². The summed E-state index contributed by atoms with van der Waals surface area (Å²) in [7, 11) is 2.06. The molecule has 96 valence electrons. The summed E-state index contributed by atoms with van der Waals surface area (Å²) in [5.74, 6) is 1.29. The van der Waals surface area contributed by atoms with Gasteiger partial charge in [0.2, 0.25) is 0 Å². The maximum Gasteiger partial charge on any atom is 0.0184 e. The van der Waals surface area contributed by atoms with Crippen LogP contribution in [0.5, 0.6) is 0 Å². The van der Waals surface area contributed by atoms with Gasteiger partial charge in [-0.2, -0.15) is 11.8 Å². The van der Waals surface area contributed by atoms with Gasteiger partial charge in [-0.3, -0.25) is 4.90 Å². The Balaban J connectivity index is 2.58. The molecule has 0 aromatic rings. The van der Waals surface area contributed by atoms with Crippen LogP contribution in [0.2, 0.25) is 0 Å². The van der Waals surface area contributed by atoms with Crippen LogP contribution in [-0.4, -0.2) is 48.1 Å². The number of rotatable bonds is 4. The summed E-state index contributed by atoms with van der Waals surface area (Å²) >= 11 is 2.11. The fourth-order valence-electron chi connectivity index (χ4n) is 2.27. The SMILES string of the molecule is CNC(C)C(C)(C)CN1CCSC(C)C1C. The molecule has 3 heteroatoms. The molecule has 1 aliphatic heterocycles. The van der Waals surface area contributed by atoms with Crippen LogP contribution < -0.4 is 5.32 Å². The minimum atomic E-state index is 0.338. The maximum absolute atomic E-state index is 3.39. The predicted octanol–water partition coefficient (Wildman–Crippen LogP) is 2.45. The number of nitrogens with zero attached hydrogens (tertiary/aromatic N) is 1. The number of thioether (sulfide) groups is 1. The lowest BCUT2D eigenvalue weighted by Crippen LogP contribution is -2.52. The molecule has 1 fully saturated rings. The van der Waals surface area contributed by atoms with Gasteiger partial charge in [-0.25, -0.2) is 0 Å². The van der Waals surface area contributed by atoms with Gasteiger partial charge in [-0.15, -0.1) is 0 Å². The van der Waals surface area contributed by atoms with E-state index in [9.17, 15) is 0 Å². The molecule has 3 unspecified atom stereocenters. The van der Waals surface area contributed by atoms with E-state index in [0.717, 1.165) is 5.25 Å². The van der Waals surface area contributed by atoms with Crippen molar-refractivity contribution in [2.75, 3.05) is 25.9 Å². The molecule has 0 amide bonds. The summed E-state index contributed by atoms with van der Waals surface area (Å²) in [6.45, 7) is 14.2. The average molecular weight is 244 g/mol. The van der Waals surface area contributed by atoms with E-state index in [1.807, 2.05) is 0 Å². The second kappa shape index (κ2) is 5.74. The molecule has 1 N–H and O–H groups in total. The normalized spacial score (nSPS) is 30.4. The van der Waals surface area contributed by atoms with E-state index >= 15 is 0 Å². The number of hydrogen-bond acceptors (Lipinski definition) is 3. The largest absolute Gasteiger partial charge is 0.317 e. The summed E-state index contributed by atoms with van der Waals surface area (Å²) in [6.07, 6.45) is 0. The van der Waals surface area contributed by atoms with Gasteiger partial charge in [0.25, 0.3) is 0 Å². The highest BCUT2D eigenvalue weighted by Crippen LogP contribution is 2.29. The molecule has 0 saturated carbocycles. The van der Waals surface area contributed by atoms with Crippen LogP contribution in [0.25, 0.3) is 0 Å². The molecule has 2 nitrogen and oxygen atoms in total. The average Bonchev–Trinajstić information content (AvgIpc) is 2.23. The van der Waals surface area contributed by atoms with E-state index in [1.165, 1.54) is 18.8 Å². The molecule has 16 heavy (non-hydrogen) atoms. The van der Waals surface area contributed by atoms with Gasteiger partial charge in [-0.1, -0.05) is 20.8 Å². The third-order valence-corrected chi connectivity index (χ3v) is 5.57. The standard InChI is InChI=1S/C13H28N2S/c1-10-11(2)16-8-7-15(10)9-13(4,5)12(3)14-6/h10-12,14H,7-9H2,1-6H3. The highest BCUT2D eigenvalue weighted by molar-refractivity contribution is 8.00. The zero-order valence-corrected chi connectivity index (χ0v) is 12.5. The van der Waals surface area contributed by atoms with E-state index in [-0.39, 0.29) is 0 Å². The van der Waals surface area contributed by atoms with Crippen molar-refractivity contribution in [2.45, 2.75) is 52.0 Å². The van der Waals surface area contributed by atoms with Crippen molar-refractivity contribution < 1.29 is 0 Å². The smallest absolute Gasteiger partial charge is 0.0184 e. The van der Waals surface area contributed by atoms with Crippen LogP contribution in [-0.2, 0) is 0 Å². The quantitative estimate of drug-likeness (QED) is 0.818. The lowest BCUT2D eigenvalue weighted by atomic mass is 9.84. The molecular formula is C13H28N2S. The Labute approximate surface area is 106 Å². The fraction of sp³-hybridized carbons (Fsp3) is 1.00. The van der Waals surface area contributed by atoms with Crippen molar-refractivity contribution in [2.24, 2.45) is 5.41 Å². The van der Waals surface area contributed by atoms with Crippen LogP contribution >= 0.6 is 11.8 Å². The van der Waals surface area contributed by atoms with E-state index in [0.29, 0.717) is 17.5 Å². The fourth-order valence-corrected chi connectivity index (χ4v) is 3.43. The third kappa shape index (κ3) is 3.38. The Morgan fingerprint density at radius 2 is 2.06 bits per heavy atom. The molecule has 1 heterocycles. The zero-order valence-electron chi connectivity index (χ0n) is 11.7. The lowest BCUT2D eigenvalue weighted by Gasteiger charge is -2.43. The van der Waals surface area contributed by atoms with E-state index in [2.05, 4.69) is 63.6 Å². The summed E-state index contributed by atoms with van der Waals surface area (Å²) in [5.41, 5.74) is 0.338. The highest BCUT2D eigenvalue weighted by Gasteiger charge is 2.32. The van der Waals surface area contributed by atoms with Gasteiger partial charge in [0.15, 0.2) is 0 Å².